The zero-order valence-electron chi connectivity index (χ0n) is 14.6. The van der Waals surface area contributed by atoms with Crippen molar-refractivity contribution < 1.29 is 9.59 Å². The molecule has 1 N–H and O–H groups in total. The Kier molecular flexibility index (Phi) is 6.10. The molecule has 5 nitrogen and oxygen atoms in total. The van der Waals surface area contributed by atoms with Gasteiger partial charge >= 0.3 is 0 Å². The summed E-state index contributed by atoms with van der Waals surface area (Å²) in [5.74, 6) is -0.312. The lowest BCUT2D eigenvalue weighted by Gasteiger charge is -2.39. The Labute approximate surface area is 149 Å². The van der Waals surface area contributed by atoms with Crippen LogP contribution in [0.25, 0.3) is 0 Å². The van der Waals surface area contributed by atoms with Crippen molar-refractivity contribution in [3.63, 3.8) is 0 Å². The highest BCUT2D eigenvalue weighted by atomic mass is 35.5. The van der Waals surface area contributed by atoms with Gasteiger partial charge in [-0.15, -0.1) is 0 Å². The summed E-state index contributed by atoms with van der Waals surface area (Å²) in [5, 5.41) is 3.53. The summed E-state index contributed by atoms with van der Waals surface area (Å²) in [6, 6.07) is 7.73. The van der Waals surface area contributed by atoms with E-state index in [-0.39, 0.29) is 11.8 Å². The second kappa shape index (κ2) is 7.88. The van der Waals surface area contributed by atoms with Gasteiger partial charge < -0.3 is 15.1 Å². The molecule has 0 radical (unpaired) electrons. The first kappa shape index (κ1) is 18.6. The fourth-order valence-corrected chi connectivity index (χ4v) is 2.98. The smallest absolute Gasteiger partial charge is 0.237 e. The third kappa shape index (κ3) is 4.20. The largest absolute Gasteiger partial charge is 0.368 e. The van der Waals surface area contributed by atoms with Gasteiger partial charge in [0.15, 0.2) is 0 Å². The van der Waals surface area contributed by atoms with Crippen LogP contribution in [0.3, 0.4) is 0 Å². The molecule has 1 fully saturated rings. The van der Waals surface area contributed by atoms with E-state index in [9.17, 15) is 9.59 Å². The van der Waals surface area contributed by atoms with Crippen molar-refractivity contribution in [3.8, 4) is 0 Å². The van der Waals surface area contributed by atoms with Crippen LogP contribution in [0.5, 0.6) is 0 Å². The molecule has 1 aromatic carbocycles. The number of benzene rings is 1. The first-order valence-electron chi connectivity index (χ1n) is 8.44. The number of halogens is 1. The van der Waals surface area contributed by atoms with Crippen LogP contribution < -0.4 is 10.2 Å². The maximum Gasteiger partial charge on any atom is 0.237 e. The Morgan fingerprint density at radius 1 is 1.21 bits per heavy atom. The monoisotopic (exact) mass is 351 g/mol. The fraction of sp³-hybridized carbons (Fsp3) is 0.556. The van der Waals surface area contributed by atoms with E-state index in [1.54, 1.807) is 18.7 Å². The average molecular weight is 352 g/mol. The SMILES string of the molecule is CCCNC(=O)C(C)(C)C(=O)N1CCN(c2cccc(Cl)c2)CC1. The molecule has 0 bridgehead atoms. The van der Waals surface area contributed by atoms with Crippen molar-refractivity contribution in [2.24, 2.45) is 5.41 Å². The molecule has 2 rings (SSSR count). The van der Waals surface area contributed by atoms with Crippen LogP contribution in [0.2, 0.25) is 5.02 Å². The number of rotatable bonds is 5. The van der Waals surface area contributed by atoms with Crippen molar-refractivity contribution in [3.05, 3.63) is 29.3 Å². The average Bonchev–Trinajstić information content (AvgIpc) is 2.59. The van der Waals surface area contributed by atoms with E-state index in [1.807, 2.05) is 31.2 Å². The van der Waals surface area contributed by atoms with Gasteiger partial charge in [-0.3, -0.25) is 9.59 Å². The Hall–Kier alpha value is -1.75. The molecule has 0 spiro atoms. The van der Waals surface area contributed by atoms with Crippen LogP contribution in [0.4, 0.5) is 5.69 Å². The van der Waals surface area contributed by atoms with Gasteiger partial charge in [-0.1, -0.05) is 24.6 Å². The summed E-state index contributed by atoms with van der Waals surface area (Å²) in [4.78, 5) is 29.0. The lowest BCUT2D eigenvalue weighted by molar-refractivity contribution is -0.148. The highest BCUT2D eigenvalue weighted by Gasteiger charge is 2.39. The zero-order chi connectivity index (χ0) is 17.7. The van der Waals surface area contributed by atoms with Crippen molar-refractivity contribution in [2.45, 2.75) is 27.2 Å². The minimum atomic E-state index is -1.03. The van der Waals surface area contributed by atoms with E-state index in [4.69, 9.17) is 11.6 Å². The summed E-state index contributed by atoms with van der Waals surface area (Å²) in [6.07, 6.45) is 0.855. The predicted octanol–water partition coefficient (Wildman–Crippen LogP) is 2.54. The third-order valence-corrected chi connectivity index (χ3v) is 4.61. The molecule has 1 aromatic rings. The molecule has 24 heavy (non-hydrogen) atoms. The Morgan fingerprint density at radius 3 is 2.46 bits per heavy atom. The number of carbonyl (C=O) groups excluding carboxylic acids is 2. The minimum Gasteiger partial charge on any atom is -0.368 e. The quantitative estimate of drug-likeness (QED) is 0.829. The summed E-state index contributed by atoms with van der Waals surface area (Å²) < 4.78 is 0. The molecule has 1 saturated heterocycles. The molecule has 132 valence electrons. The van der Waals surface area contributed by atoms with Gasteiger partial charge in [0.1, 0.15) is 5.41 Å². The molecule has 0 saturated carbocycles. The second-order valence-electron chi connectivity index (χ2n) is 6.64. The van der Waals surface area contributed by atoms with E-state index in [1.165, 1.54) is 0 Å². The number of anilines is 1. The Balaban J connectivity index is 1.96. The van der Waals surface area contributed by atoms with Crippen LogP contribution in [0.15, 0.2) is 24.3 Å². The van der Waals surface area contributed by atoms with Crippen LogP contribution in [-0.2, 0) is 9.59 Å². The molecular weight excluding hydrogens is 326 g/mol. The number of nitrogens with one attached hydrogen (secondary N) is 1. The van der Waals surface area contributed by atoms with Gasteiger partial charge in [-0.2, -0.15) is 0 Å². The van der Waals surface area contributed by atoms with Crippen LogP contribution in [-0.4, -0.2) is 49.4 Å². The summed E-state index contributed by atoms with van der Waals surface area (Å²) >= 11 is 6.04. The molecule has 0 aliphatic carbocycles. The molecule has 0 atom stereocenters. The molecular formula is C18H26ClN3O2. The van der Waals surface area contributed by atoms with Crippen molar-refractivity contribution >= 4 is 29.1 Å². The standard InChI is InChI=1S/C18H26ClN3O2/c1-4-8-20-16(23)18(2,3)17(24)22-11-9-21(10-12-22)15-7-5-6-14(19)13-15/h5-7,13H,4,8-12H2,1-3H3,(H,20,23). The lowest BCUT2D eigenvalue weighted by Crippen LogP contribution is -2.55. The van der Waals surface area contributed by atoms with Crippen LogP contribution >= 0.6 is 11.6 Å². The van der Waals surface area contributed by atoms with Gasteiger partial charge in [-0.05, 0) is 38.5 Å². The Morgan fingerprint density at radius 2 is 1.88 bits per heavy atom. The second-order valence-corrected chi connectivity index (χ2v) is 7.08. The van der Waals surface area contributed by atoms with Crippen LogP contribution in [0, 0.1) is 5.41 Å². The van der Waals surface area contributed by atoms with Gasteiger partial charge in [0.25, 0.3) is 0 Å². The van der Waals surface area contributed by atoms with Gasteiger partial charge in [0.05, 0.1) is 0 Å². The first-order valence-corrected chi connectivity index (χ1v) is 8.82. The summed E-state index contributed by atoms with van der Waals surface area (Å²) in [7, 11) is 0. The van der Waals surface area contributed by atoms with E-state index in [0.717, 1.165) is 25.2 Å². The molecule has 1 aliphatic rings. The number of amides is 2. The van der Waals surface area contributed by atoms with Gasteiger partial charge in [-0.25, -0.2) is 0 Å². The maximum absolute atomic E-state index is 12.7. The normalized spacial score (nSPS) is 15.3. The molecule has 1 aliphatic heterocycles. The molecule has 1 heterocycles. The molecule has 6 heteroatoms. The van der Waals surface area contributed by atoms with Gasteiger partial charge in [0, 0.05) is 43.4 Å². The van der Waals surface area contributed by atoms with Gasteiger partial charge in [0.2, 0.25) is 11.8 Å². The maximum atomic E-state index is 12.7. The molecule has 0 unspecified atom stereocenters. The van der Waals surface area contributed by atoms with E-state index in [2.05, 4.69) is 10.2 Å². The predicted molar refractivity (Wildman–Crippen MR) is 97.3 cm³/mol. The highest BCUT2D eigenvalue weighted by molar-refractivity contribution is 6.30. The van der Waals surface area contributed by atoms with Crippen molar-refractivity contribution in [1.29, 1.82) is 0 Å². The zero-order valence-corrected chi connectivity index (χ0v) is 15.4. The number of hydrogen-bond acceptors (Lipinski definition) is 3. The molecule has 2 amide bonds. The number of nitrogens with zero attached hydrogens (tertiary/aromatic N) is 2. The van der Waals surface area contributed by atoms with E-state index < -0.39 is 5.41 Å². The number of hydrogen-bond donors (Lipinski definition) is 1. The number of piperazine rings is 1. The van der Waals surface area contributed by atoms with E-state index >= 15 is 0 Å². The fourth-order valence-electron chi connectivity index (χ4n) is 2.79. The summed E-state index contributed by atoms with van der Waals surface area (Å²) in [6.45, 7) is 8.67. The molecule has 0 aromatic heterocycles. The first-order chi connectivity index (χ1) is 11.4. The summed E-state index contributed by atoms with van der Waals surface area (Å²) in [5.41, 5.74) is 0.0301. The third-order valence-electron chi connectivity index (χ3n) is 4.38. The Bertz CT molecular complexity index is 596. The number of carbonyl (C=O) groups is 2. The lowest BCUT2D eigenvalue weighted by atomic mass is 9.90. The highest BCUT2D eigenvalue weighted by Crippen LogP contribution is 2.24. The van der Waals surface area contributed by atoms with Crippen molar-refractivity contribution in [2.75, 3.05) is 37.6 Å². The van der Waals surface area contributed by atoms with Crippen LogP contribution in [0.1, 0.15) is 27.2 Å². The topological polar surface area (TPSA) is 52.7 Å². The van der Waals surface area contributed by atoms with E-state index in [0.29, 0.717) is 24.7 Å². The minimum absolute atomic E-state index is 0.109. The van der Waals surface area contributed by atoms with Crippen molar-refractivity contribution in [1.82, 2.24) is 10.2 Å².